The Morgan fingerprint density at radius 1 is 1.09 bits per heavy atom. The van der Waals surface area contributed by atoms with Crippen LogP contribution < -0.4 is 0 Å². The summed E-state index contributed by atoms with van der Waals surface area (Å²) in [4.78, 5) is 0.237. The van der Waals surface area contributed by atoms with Gasteiger partial charge in [-0.2, -0.15) is 8.42 Å². The molecule has 122 valence electrons. The Kier molecular flexibility index (Phi) is 4.43. The third kappa shape index (κ3) is 3.41. The summed E-state index contributed by atoms with van der Waals surface area (Å²) in [5.41, 5.74) is 0.453. The van der Waals surface area contributed by atoms with Gasteiger partial charge in [-0.1, -0.05) is 35.7 Å². The predicted octanol–water partition coefficient (Wildman–Crippen LogP) is 4.91. The number of hydrogen-bond donors (Lipinski definition) is 0. The average molecular weight is 387 g/mol. The van der Waals surface area contributed by atoms with Gasteiger partial charge in [0.2, 0.25) is 0 Å². The molecule has 0 radical (unpaired) electrons. The van der Waals surface area contributed by atoms with E-state index in [0.29, 0.717) is 12.0 Å². The standard InChI is InChI=1S/C17H23BrO3S/c1-16-8-2-10-17(12-16,11-3-9-16)13-21-22(19,20)15-6-4-14(18)5-7-15/h4-7H,2-3,8-13H2,1H3. The van der Waals surface area contributed by atoms with Crippen molar-refractivity contribution >= 4 is 26.0 Å². The fraction of sp³-hybridized carbons (Fsp3) is 0.647. The summed E-state index contributed by atoms with van der Waals surface area (Å²) in [6.45, 7) is 2.68. The highest BCUT2D eigenvalue weighted by Gasteiger charge is 2.46. The summed E-state index contributed by atoms with van der Waals surface area (Å²) in [6.07, 6.45) is 8.23. The van der Waals surface area contributed by atoms with Gasteiger partial charge in [-0.25, -0.2) is 0 Å². The van der Waals surface area contributed by atoms with Gasteiger partial charge in [0.15, 0.2) is 0 Å². The molecule has 2 saturated carbocycles. The van der Waals surface area contributed by atoms with Crippen LogP contribution in [0, 0.1) is 10.8 Å². The number of hydrogen-bond acceptors (Lipinski definition) is 3. The number of rotatable bonds is 4. The van der Waals surface area contributed by atoms with Gasteiger partial charge in [0.25, 0.3) is 10.1 Å². The van der Waals surface area contributed by atoms with E-state index in [0.717, 1.165) is 23.7 Å². The van der Waals surface area contributed by atoms with Gasteiger partial charge < -0.3 is 0 Å². The van der Waals surface area contributed by atoms with Gasteiger partial charge in [-0.05, 0) is 67.2 Å². The monoisotopic (exact) mass is 386 g/mol. The molecule has 1 aromatic rings. The SMILES string of the molecule is CC12CCCC(COS(=O)(=O)c3ccc(Br)cc3)(CCC1)C2. The maximum absolute atomic E-state index is 12.4. The van der Waals surface area contributed by atoms with E-state index in [9.17, 15) is 8.42 Å². The third-order valence-corrected chi connectivity index (χ3v) is 7.21. The summed E-state index contributed by atoms with van der Waals surface area (Å²) < 4.78 is 31.1. The smallest absolute Gasteiger partial charge is 0.266 e. The first kappa shape index (κ1) is 16.5. The van der Waals surface area contributed by atoms with Gasteiger partial charge in [-0.15, -0.1) is 0 Å². The molecule has 2 fully saturated rings. The van der Waals surface area contributed by atoms with Crippen molar-refractivity contribution in [1.29, 1.82) is 0 Å². The average Bonchev–Trinajstić information content (AvgIpc) is 2.45. The summed E-state index contributed by atoms with van der Waals surface area (Å²) in [7, 11) is -3.66. The van der Waals surface area contributed by atoms with E-state index >= 15 is 0 Å². The van der Waals surface area contributed by atoms with Crippen LogP contribution in [0.4, 0.5) is 0 Å². The first-order valence-corrected chi connectivity index (χ1v) is 10.2. The molecule has 2 aliphatic carbocycles. The Balaban J connectivity index is 1.72. The summed E-state index contributed by atoms with van der Waals surface area (Å²) >= 11 is 3.32. The minimum atomic E-state index is -3.66. The fourth-order valence-corrected chi connectivity index (χ4v) is 5.63. The van der Waals surface area contributed by atoms with Gasteiger partial charge in [0, 0.05) is 4.47 Å². The number of fused-ring (bicyclic) bond motifs is 2. The molecule has 0 unspecified atom stereocenters. The molecule has 5 heteroatoms. The van der Waals surface area contributed by atoms with Gasteiger partial charge >= 0.3 is 0 Å². The van der Waals surface area contributed by atoms with Crippen LogP contribution in [0.2, 0.25) is 0 Å². The van der Waals surface area contributed by atoms with Crippen LogP contribution in [0.25, 0.3) is 0 Å². The van der Waals surface area contributed by atoms with Gasteiger partial charge in [0.05, 0.1) is 11.5 Å². The molecule has 3 rings (SSSR count). The lowest BCUT2D eigenvalue weighted by atomic mass is 9.56. The largest absolute Gasteiger partial charge is 0.296 e. The first-order valence-electron chi connectivity index (χ1n) is 7.98. The normalized spacial score (nSPS) is 31.9. The highest BCUT2D eigenvalue weighted by Crippen LogP contribution is 2.55. The molecule has 0 heterocycles. The van der Waals surface area contributed by atoms with Crippen molar-refractivity contribution in [3.05, 3.63) is 28.7 Å². The second-order valence-electron chi connectivity index (χ2n) is 7.36. The Bertz CT molecular complexity index is 626. The number of benzene rings is 1. The zero-order valence-corrected chi connectivity index (χ0v) is 15.4. The molecule has 2 bridgehead atoms. The van der Waals surface area contributed by atoms with Gasteiger partial charge in [-0.3, -0.25) is 4.18 Å². The van der Waals surface area contributed by atoms with Crippen molar-refractivity contribution in [3.8, 4) is 0 Å². The van der Waals surface area contributed by atoms with Crippen LogP contribution in [0.15, 0.2) is 33.6 Å². The van der Waals surface area contributed by atoms with Crippen LogP contribution >= 0.6 is 15.9 Å². The molecule has 2 aliphatic rings. The van der Waals surface area contributed by atoms with Crippen LogP contribution in [0.1, 0.15) is 51.9 Å². The lowest BCUT2D eigenvalue weighted by molar-refractivity contribution is -0.0173. The van der Waals surface area contributed by atoms with Crippen molar-refractivity contribution in [2.24, 2.45) is 10.8 Å². The lowest BCUT2D eigenvalue weighted by Crippen LogP contribution is -2.42. The lowest BCUT2D eigenvalue weighted by Gasteiger charge is -2.50. The highest BCUT2D eigenvalue weighted by atomic mass is 79.9. The first-order chi connectivity index (χ1) is 10.3. The van der Waals surface area contributed by atoms with Crippen molar-refractivity contribution < 1.29 is 12.6 Å². The predicted molar refractivity (Wildman–Crippen MR) is 90.1 cm³/mol. The Morgan fingerprint density at radius 2 is 1.68 bits per heavy atom. The Hall–Kier alpha value is -0.390. The quantitative estimate of drug-likeness (QED) is 0.690. The molecule has 3 nitrogen and oxygen atoms in total. The summed E-state index contributed by atoms with van der Waals surface area (Å²) in [6, 6.07) is 6.63. The van der Waals surface area contributed by atoms with Crippen molar-refractivity contribution in [1.82, 2.24) is 0 Å². The molecule has 22 heavy (non-hydrogen) atoms. The molecular formula is C17H23BrO3S. The Labute approximate surface area is 141 Å². The van der Waals surface area contributed by atoms with E-state index in [1.54, 1.807) is 24.3 Å². The number of halogens is 1. The minimum absolute atomic E-state index is 0.0632. The van der Waals surface area contributed by atoms with E-state index < -0.39 is 10.1 Å². The van der Waals surface area contributed by atoms with Crippen LogP contribution in [0.3, 0.4) is 0 Å². The molecule has 0 N–H and O–H groups in total. The van der Waals surface area contributed by atoms with E-state index in [-0.39, 0.29) is 10.3 Å². The topological polar surface area (TPSA) is 43.4 Å². The second-order valence-corrected chi connectivity index (χ2v) is 9.90. The molecule has 0 aromatic heterocycles. The van der Waals surface area contributed by atoms with E-state index in [4.69, 9.17) is 4.18 Å². The molecule has 0 spiro atoms. The van der Waals surface area contributed by atoms with E-state index in [1.807, 2.05) is 0 Å². The second kappa shape index (κ2) is 5.91. The van der Waals surface area contributed by atoms with Crippen LogP contribution in [-0.4, -0.2) is 15.0 Å². The third-order valence-electron chi connectivity index (χ3n) is 5.40. The van der Waals surface area contributed by atoms with Crippen molar-refractivity contribution in [3.63, 3.8) is 0 Å². The summed E-state index contributed by atoms with van der Waals surface area (Å²) in [5.74, 6) is 0. The molecule has 0 amide bonds. The van der Waals surface area contributed by atoms with Crippen LogP contribution in [-0.2, 0) is 14.3 Å². The van der Waals surface area contributed by atoms with E-state index in [1.165, 1.54) is 25.7 Å². The maximum atomic E-state index is 12.4. The zero-order chi connectivity index (χ0) is 15.8. The van der Waals surface area contributed by atoms with Crippen molar-refractivity contribution in [2.75, 3.05) is 6.61 Å². The fourth-order valence-electron chi connectivity index (χ4n) is 4.36. The summed E-state index contributed by atoms with van der Waals surface area (Å²) in [5, 5.41) is 0. The minimum Gasteiger partial charge on any atom is -0.266 e. The molecule has 1 aromatic carbocycles. The van der Waals surface area contributed by atoms with Gasteiger partial charge in [0.1, 0.15) is 0 Å². The highest BCUT2D eigenvalue weighted by molar-refractivity contribution is 9.10. The molecular weight excluding hydrogens is 364 g/mol. The van der Waals surface area contributed by atoms with E-state index in [2.05, 4.69) is 22.9 Å². The zero-order valence-electron chi connectivity index (χ0n) is 13.0. The molecule has 0 atom stereocenters. The Morgan fingerprint density at radius 3 is 2.27 bits per heavy atom. The maximum Gasteiger partial charge on any atom is 0.296 e. The molecule has 0 saturated heterocycles. The van der Waals surface area contributed by atoms with Crippen molar-refractivity contribution in [2.45, 2.75) is 56.8 Å². The molecule has 0 aliphatic heterocycles. The van der Waals surface area contributed by atoms with Crippen LogP contribution in [0.5, 0.6) is 0 Å².